The fraction of sp³-hybridized carbons (Fsp3) is 0.154. The highest BCUT2D eigenvalue weighted by atomic mass is 79.9. The number of rotatable bonds is 9. The van der Waals surface area contributed by atoms with Crippen molar-refractivity contribution in [1.29, 1.82) is 0 Å². The van der Waals surface area contributed by atoms with Gasteiger partial charge in [-0.1, -0.05) is 28.9 Å². The van der Waals surface area contributed by atoms with E-state index in [2.05, 4.69) is 31.8 Å². The number of amides is 2. The minimum atomic E-state index is -0.979. The molecule has 9 nitrogen and oxygen atoms in total. The summed E-state index contributed by atoms with van der Waals surface area (Å²) in [5.74, 6) is -1.05. The van der Waals surface area contributed by atoms with Gasteiger partial charge in [-0.15, -0.1) is 0 Å². The molecule has 3 aromatic rings. The first-order chi connectivity index (χ1) is 17.4. The van der Waals surface area contributed by atoms with E-state index in [0.717, 1.165) is 6.42 Å². The molecule has 0 fully saturated rings. The SMILES string of the molecule is CCCOc1ccc(C(=O)Oc2ccc(Br)cc2/C=N\NC(=O)C(=O)Nc2cccc(OC)c2)cc1. The number of hydrogen-bond donors (Lipinski definition) is 2. The van der Waals surface area contributed by atoms with Crippen LogP contribution in [0.25, 0.3) is 0 Å². The van der Waals surface area contributed by atoms with Crippen molar-refractivity contribution in [3.8, 4) is 17.2 Å². The topological polar surface area (TPSA) is 115 Å². The number of methoxy groups -OCH3 is 1. The van der Waals surface area contributed by atoms with Gasteiger partial charge >= 0.3 is 17.8 Å². The predicted octanol–water partition coefficient (Wildman–Crippen LogP) is 4.55. The summed E-state index contributed by atoms with van der Waals surface area (Å²) in [7, 11) is 1.50. The monoisotopic (exact) mass is 553 g/mol. The van der Waals surface area contributed by atoms with Gasteiger partial charge in [-0.2, -0.15) is 5.10 Å². The number of anilines is 1. The fourth-order valence-electron chi connectivity index (χ4n) is 2.88. The lowest BCUT2D eigenvalue weighted by atomic mass is 10.2. The molecule has 36 heavy (non-hydrogen) atoms. The van der Waals surface area contributed by atoms with Crippen LogP contribution >= 0.6 is 15.9 Å². The van der Waals surface area contributed by atoms with E-state index in [1.54, 1.807) is 66.7 Å². The van der Waals surface area contributed by atoms with E-state index < -0.39 is 17.8 Å². The fourth-order valence-corrected chi connectivity index (χ4v) is 3.26. The summed E-state index contributed by atoms with van der Waals surface area (Å²) in [5, 5.41) is 6.28. The van der Waals surface area contributed by atoms with E-state index in [1.807, 2.05) is 6.92 Å². The molecule has 3 aromatic carbocycles. The standard InChI is InChI=1S/C26H24BrN3O6/c1-3-13-35-21-10-7-17(8-11-21)26(33)36-23-12-9-19(27)14-18(23)16-28-30-25(32)24(31)29-20-5-4-6-22(15-20)34-2/h4-12,14-16H,3,13H2,1-2H3,(H,29,31)(H,30,32)/b28-16-. The average molecular weight is 554 g/mol. The minimum absolute atomic E-state index is 0.216. The third-order valence-electron chi connectivity index (χ3n) is 4.64. The molecule has 3 rings (SSSR count). The summed E-state index contributed by atoms with van der Waals surface area (Å²) in [6.45, 7) is 2.60. The lowest BCUT2D eigenvalue weighted by molar-refractivity contribution is -0.136. The number of halogens is 1. The summed E-state index contributed by atoms with van der Waals surface area (Å²) >= 11 is 3.35. The van der Waals surface area contributed by atoms with Gasteiger partial charge in [0.2, 0.25) is 0 Å². The second-order valence-electron chi connectivity index (χ2n) is 7.33. The molecule has 0 bridgehead atoms. The predicted molar refractivity (Wildman–Crippen MR) is 139 cm³/mol. The van der Waals surface area contributed by atoms with E-state index >= 15 is 0 Å². The number of nitrogens with one attached hydrogen (secondary N) is 2. The summed E-state index contributed by atoms with van der Waals surface area (Å²) in [6.07, 6.45) is 2.15. The Balaban J connectivity index is 1.63. The maximum atomic E-state index is 12.6. The van der Waals surface area contributed by atoms with Gasteiger partial charge in [0.05, 0.1) is 25.5 Å². The van der Waals surface area contributed by atoms with Crippen molar-refractivity contribution in [3.05, 3.63) is 82.3 Å². The molecule has 0 aliphatic carbocycles. The summed E-state index contributed by atoms with van der Waals surface area (Å²) < 4.78 is 16.8. The van der Waals surface area contributed by atoms with Crippen molar-refractivity contribution in [2.75, 3.05) is 19.0 Å². The molecule has 0 radical (unpaired) electrons. The van der Waals surface area contributed by atoms with Crippen LogP contribution in [0.4, 0.5) is 5.69 Å². The molecule has 10 heteroatoms. The van der Waals surface area contributed by atoms with Crippen molar-refractivity contribution in [1.82, 2.24) is 5.43 Å². The molecule has 0 aliphatic heterocycles. The smallest absolute Gasteiger partial charge is 0.343 e. The van der Waals surface area contributed by atoms with Gasteiger partial charge in [-0.25, -0.2) is 10.2 Å². The Labute approximate surface area is 216 Å². The van der Waals surface area contributed by atoms with Crippen LogP contribution in [0.5, 0.6) is 17.2 Å². The van der Waals surface area contributed by atoms with Crippen LogP contribution in [0, 0.1) is 0 Å². The number of benzene rings is 3. The highest BCUT2D eigenvalue weighted by Gasteiger charge is 2.14. The highest BCUT2D eigenvalue weighted by Crippen LogP contribution is 2.23. The zero-order valence-corrected chi connectivity index (χ0v) is 21.2. The molecule has 0 saturated carbocycles. The largest absolute Gasteiger partial charge is 0.497 e. The zero-order valence-electron chi connectivity index (χ0n) is 19.6. The van der Waals surface area contributed by atoms with E-state index in [9.17, 15) is 14.4 Å². The van der Waals surface area contributed by atoms with Crippen LogP contribution in [-0.2, 0) is 9.59 Å². The van der Waals surface area contributed by atoms with E-state index in [4.69, 9.17) is 14.2 Å². The van der Waals surface area contributed by atoms with Gasteiger partial charge in [0.1, 0.15) is 17.2 Å². The molecule has 2 amide bonds. The molecule has 0 spiro atoms. The third-order valence-corrected chi connectivity index (χ3v) is 5.13. The Morgan fingerprint density at radius 3 is 2.47 bits per heavy atom. The first-order valence-electron chi connectivity index (χ1n) is 10.9. The lowest BCUT2D eigenvalue weighted by Crippen LogP contribution is -2.32. The quantitative estimate of drug-likeness (QED) is 0.132. The number of carbonyl (C=O) groups is 3. The number of nitrogens with zero attached hydrogens (tertiary/aromatic N) is 1. The summed E-state index contributed by atoms with van der Waals surface area (Å²) in [5.41, 5.74) is 3.28. The van der Waals surface area contributed by atoms with Crippen LogP contribution in [-0.4, -0.2) is 37.7 Å². The summed E-state index contributed by atoms with van der Waals surface area (Å²) in [4.78, 5) is 36.9. The molecule has 0 heterocycles. The maximum Gasteiger partial charge on any atom is 0.343 e. The van der Waals surface area contributed by atoms with Gasteiger partial charge in [0.25, 0.3) is 0 Å². The maximum absolute atomic E-state index is 12.6. The van der Waals surface area contributed by atoms with Crippen molar-refractivity contribution >= 4 is 45.6 Å². The normalized spacial score (nSPS) is 10.5. The molecule has 0 aromatic heterocycles. The van der Waals surface area contributed by atoms with Crippen LogP contribution < -0.4 is 25.0 Å². The minimum Gasteiger partial charge on any atom is -0.497 e. The Morgan fingerprint density at radius 2 is 1.75 bits per heavy atom. The lowest BCUT2D eigenvalue weighted by Gasteiger charge is -2.09. The molecule has 0 saturated heterocycles. The Bertz CT molecular complexity index is 1260. The molecule has 186 valence electrons. The zero-order chi connectivity index (χ0) is 25.9. The molecular formula is C26H24BrN3O6. The van der Waals surface area contributed by atoms with Crippen LogP contribution in [0.3, 0.4) is 0 Å². The van der Waals surface area contributed by atoms with Gasteiger partial charge in [-0.3, -0.25) is 9.59 Å². The number of carbonyl (C=O) groups excluding carboxylic acids is 3. The molecule has 0 unspecified atom stereocenters. The first-order valence-corrected chi connectivity index (χ1v) is 11.7. The Kier molecular flexibility index (Phi) is 9.58. The number of hydrogen-bond acceptors (Lipinski definition) is 7. The molecule has 2 N–H and O–H groups in total. The van der Waals surface area contributed by atoms with Crippen molar-refractivity contribution in [2.45, 2.75) is 13.3 Å². The Morgan fingerprint density at radius 1 is 0.972 bits per heavy atom. The van der Waals surface area contributed by atoms with E-state index in [1.165, 1.54) is 13.3 Å². The van der Waals surface area contributed by atoms with Crippen molar-refractivity contribution in [2.24, 2.45) is 5.10 Å². The van der Waals surface area contributed by atoms with Gasteiger partial charge in [0.15, 0.2) is 0 Å². The molecule has 0 aliphatic rings. The number of ether oxygens (including phenoxy) is 3. The number of hydrazone groups is 1. The second-order valence-corrected chi connectivity index (χ2v) is 8.25. The van der Waals surface area contributed by atoms with Crippen LogP contribution in [0.2, 0.25) is 0 Å². The van der Waals surface area contributed by atoms with Crippen molar-refractivity contribution < 1.29 is 28.6 Å². The van der Waals surface area contributed by atoms with Gasteiger partial charge in [0, 0.05) is 21.8 Å². The highest BCUT2D eigenvalue weighted by molar-refractivity contribution is 9.10. The summed E-state index contributed by atoms with van der Waals surface area (Å²) in [6, 6.07) is 18.1. The third kappa shape index (κ3) is 7.67. The second kappa shape index (κ2) is 13.1. The number of esters is 1. The van der Waals surface area contributed by atoms with E-state index in [-0.39, 0.29) is 5.75 Å². The Hall–Kier alpha value is -4.18. The van der Waals surface area contributed by atoms with Crippen LogP contribution in [0.15, 0.2) is 76.3 Å². The average Bonchev–Trinajstić information content (AvgIpc) is 2.89. The molecule has 0 atom stereocenters. The van der Waals surface area contributed by atoms with E-state index in [0.29, 0.717) is 39.4 Å². The first kappa shape index (κ1) is 26.4. The van der Waals surface area contributed by atoms with Gasteiger partial charge < -0.3 is 19.5 Å². The van der Waals surface area contributed by atoms with Gasteiger partial charge in [-0.05, 0) is 61.0 Å². The van der Waals surface area contributed by atoms with Crippen molar-refractivity contribution in [3.63, 3.8) is 0 Å². The van der Waals surface area contributed by atoms with Crippen LogP contribution in [0.1, 0.15) is 29.3 Å². The molecular weight excluding hydrogens is 530 g/mol.